The Bertz CT molecular complexity index is 877. The molecule has 0 saturated heterocycles. The topological polar surface area (TPSA) is 54.6 Å². The number of aryl methyl sites for hydroxylation is 1. The lowest BCUT2D eigenvalue weighted by atomic mass is 10.2. The zero-order chi connectivity index (χ0) is 14.8. The molecule has 5 heteroatoms. The number of aromatic nitrogens is 1. The van der Waals surface area contributed by atoms with Crippen LogP contribution in [-0.4, -0.2) is 15.6 Å². The second-order valence-corrected chi connectivity index (χ2v) is 5.54. The number of para-hydroxylation sites is 2. The van der Waals surface area contributed by atoms with E-state index in [1.165, 1.54) is 17.4 Å². The fourth-order valence-electron chi connectivity index (χ4n) is 2.21. The van der Waals surface area contributed by atoms with E-state index in [9.17, 15) is 9.90 Å². The van der Waals surface area contributed by atoms with Gasteiger partial charge in [-0.3, -0.25) is 4.79 Å². The number of thiazole rings is 1. The van der Waals surface area contributed by atoms with Gasteiger partial charge >= 0.3 is 0 Å². The molecule has 0 saturated carbocycles. The maximum absolute atomic E-state index is 12.2. The standard InChI is InChI=1S/C16H14N2O2S/c1-2-18-12-8-4-6-10-14(12)21-16(18)17-15(20)11-7-3-5-9-13(11)19/h3-10,19H,2H2,1H3. The van der Waals surface area contributed by atoms with Crippen LogP contribution < -0.4 is 4.80 Å². The molecule has 21 heavy (non-hydrogen) atoms. The van der Waals surface area contributed by atoms with Gasteiger partial charge in [0.2, 0.25) is 0 Å². The Morgan fingerprint density at radius 3 is 2.67 bits per heavy atom. The van der Waals surface area contributed by atoms with Crippen LogP contribution in [0.4, 0.5) is 0 Å². The van der Waals surface area contributed by atoms with Crippen LogP contribution in [0.3, 0.4) is 0 Å². The quantitative estimate of drug-likeness (QED) is 0.790. The smallest absolute Gasteiger partial charge is 0.283 e. The lowest BCUT2D eigenvalue weighted by Gasteiger charge is -2.00. The van der Waals surface area contributed by atoms with Crippen LogP contribution in [0.1, 0.15) is 17.3 Å². The van der Waals surface area contributed by atoms with Crippen molar-refractivity contribution in [3.8, 4) is 5.75 Å². The number of phenols is 1. The van der Waals surface area contributed by atoms with E-state index in [2.05, 4.69) is 4.99 Å². The number of hydrogen-bond donors (Lipinski definition) is 1. The van der Waals surface area contributed by atoms with E-state index < -0.39 is 5.91 Å². The second kappa shape index (κ2) is 5.54. The van der Waals surface area contributed by atoms with Crippen molar-refractivity contribution < 1.29 is 9.90 Å². The summed E-state index contributed by atoms with van der Waals surface area (Å²) in [4.78, 5) is 17.1. The van der Waals surface area contributed by atoms with Gasteiger partial charge in [0.1, 0.15) is 5.75 Å². The third-order valence-corrected chi connectivity index (χ3v) is 4.30. The number of benzene rings is 2. The number of amides is 1. The van der Waals surface area contributed by atoms with Crippen LogP contribution in [-0.2, 0) is 6.54 Å². The molecule has 1 aromatic heterocycles. The molecule has 0 fully saturated rings. The van der Waals surface area contributed by atoms with Crippen LogP contribution in [0.15, 0.2) is 53.5 Å². The summed E-state index contributed by atoms with van der Waals surface area (Å²) in [6.07, 6.45) is 0. The molecular weight excluding hydrogens is 284 g/mol. The average molecular weight is 298 g/mol. The first-order valence-electron chi connectivity index (χ1n) is 6.66. The summed E-state index contributed by atoms with van der Waals surface area (Å²) in [6, 6.07) is 14.4. The van der Waals surface area contributed by atoms with E-state index in [1.54, 1.807) is 18.2 Å². The minimum absolute atomic E-state index is 0.0459. The number of nitrogens with zero attached hydrogens (tertiary/aromatic N) is 2. The fraction of sp³-hybridized carbons (Fsp3) is 0.125. The Morgan fingerprint density at radius 1 is 1.19 bits per heavy atom. The summed E-state index contributed by atoms with van der Waals surface area (Å²) in [6.45, 7) is 2.75. The van der Waals surface area contributed by atoms with Gasteiger partial charge in [0.25, 0.3) is 5.91 Å². The van der Waals surface area contributed by atoms with Crippen LogP contribution >= 0.6 is 11.3 Å². The first-order chi connectivity index (χ1) is 10.2. The third-order valence-electron chi connectivity index (χ3n) is 3.24. The molecule has 2 aromatic carbocycles. The average Bonchev–Trinajstić information content (AvgIpc) is 2.84. The number of aromatic hydroxyl groups is 1. The highest BCUT2D eigenvalue weighted by Crippen LogP contribution is 2.18. The summed E-state index contributed by atoms with van der Waals surface area (Å²) in [7, 11) is 0. The molecule has 0 atom stereocenters. The molecule has 0 bridgehead atoms. The predicted molar refractivity (Wildman–Crippen MR) is 83.5 cm³/mol. The van der Waals surface area contributed by atoms with E-state index >= 15 is 0 Å². The van der Waals surface area contributed by atoms with Crippen molar-refractivity contribution >= 4 is 27.5 Å². The van der Waals surface area contributed by atoms with E-state index in [-0.39, 0.29) is 11.3 Å². The summed E-state index contributed by atoms with van der Waals surface area (Å²) in [5, 5.41) is 9.74. The van der Waals surface area contributed by atoms with E-state index in [0.29, 0.717) is 4.80 Å². The third kappa shape index (κ3) is 2.48. The Kier molecular flexibility index (Phi) is 3.58. The van der Waals surface area contributed by atoms with E-state index in [0.717, 1.165) is 16.8 Å². The molecule has 0 radical (unpaired) electrons. The highest BCUT2D eigenvalue weighted by molar-refractivity contribution is 7.16. The molecular formula is C16H14N2O2S. The Labute approximate surface area is 125 Å². The normalized spacial score (nSPS) is 12.0. The first kappa shape index (κ1) is 13.6. The number of carbonyl (C=O) groups excluding carboxylic acids is 1. The number of fused-ring (bicyclic) bond motifs is 1. The molecule has 106 valence electrons. The van der Waals surface area contributed by atoms with Gasteiger partial charge in [-0.2, -0.15) is 4.99 Å². The second-order valence-electron chi connectivity index (χ2n) is 4.53. The van der Waals surface area contributed by atoms with Gasteiger partial charge < -0.3 is 9.67 Å². The van der Waals surface area contributed by atoms with Crippen LogP contribution in [0.25, 0.3) is 10.2 Å². The summed E-state index contributed by atoms with van der Waals surface area (Å²) < 4.78 is 3.08. The minimum atomic E-state index is -0.429. The Hall–Kier alpha value is -2.40. The molecule has 4 nitrogen and oxygen atoms in total. The summed E-state index contributed by atoms with van der Waals surface area (Å²) in [5.41, 5.74) is 1.28. The highest BCUT2D eigenvalue weighted by atomic mass is 32.1. The van der Waals surface area contributed by atoms with Gasteiger partial charge in [-0.05, 0) is 31.2 Å². The zero-order valence-corrected chi connectivity index (χ0v) is 12.3. The zero-order valence-electron chi connectivity index (χ0n) is 11.5. The molecule has 0 spiro atoms. The van der Waals surface area contributed by atoms with Crippen molar-refractivity contribution in [2.45, 2.75) is 13.5 Å². The van der Waals surface area contributed by atoms with E-state index in [4.69, 9.17) is 0 Å². The van der Waals surface area contributed by atoms with Gasteiger partial charge in [0.15, 0.2) is 4.80 Å². The minimum Gasteiger partial charge on any atom is -0.507 e. The molecule has 1 amide bonds. The number of phenolic OH excluding ortho intramolecular Hbond substituents is 1. The largest absolute Gasteiger partial charge is 0.507 e. The molecule has 0 aliphatic carbocycles. The van der Waals surface area contributed by atoms with Gasteiger partial charge in [-0.25, -0.2) is 0 Å². The molecule has 0 aliphatic rings. The molecule has 0 aliphatic heterocycles. The van der Waals surface area contributed by atoms with Crippen LogP contribution in [0, 0.1) is 0 Å². The van der Waals surface area contributed by atoms with Gasteiger partial charge in [0.05, 0.1) is 15.8 Å². The van der Waals surface area contributed by atoms with Crippen molar-refractivity contribution in [3.63, 3.8) is 0 Å². The predicted octanol–water partition coefficient (Wildman–Crippen LogP) is 3.17. The van der Waals surface area contributed by atoms with Crippen molar-refractivity contribution in [3.05, 3.63) is 58.9 Å². The lowest BCUT2D eigenvalue weighted by molar-refractivity contribution is 0.0995. The van der Waals surface area contributed by atoms with Gasteiger partial charge in [-0.15, -0.1) is 0 Å². The maximum atomic E-state index is 12.2. The van der Waals surface area contributed by atoms with Crippen molar-refractivity contribution in [2.75, 3.05) is 0 Å². The number of hydrogen-bond acceptors (Lipinski definition) is 3. The highest BCUT2D eigenvalue weighted by Gasteiger charge is 2.11. The van der Waals surface area contributed by atoms with Crippen LogP contribution in [0.2, 0.25) is 0 Å². The van der Waals surface area contributed by atoms with Crippen molar-refractivity contribution in [1.82, 2.24) is 4.57 Å². The molecule has 0 unspecified atom stereocenters. The van der Waals surface area contributed by atoms with Gasteiger partial charge in [-0.1, -0.05) is 35.6 Å². The monoisotopic (exact) mass is 298 g/mol. The van der Waals surface area contributed by atoms with Crippen LogP contribution in [0.5, 0.6) is 5.75 Å². The van der Waals surface area contributed by atoms with Crippen molar-refractivity contribution in [1.29, 1.82) is 0 Å². The lowest BCUT2D eigenvalue weighted by Crippen LogP contribution is -2.15. The Balaban J connectivity index is 2.16. The SMILES string of the molecule is CCn1c(=NC(=O)c2ccccc2O)sc2ccccc21. The number of rotatable bonds is 2. The maximum Gasteiger partial charge on any atom is 0.283 e. The summed E-state index contributed by atoms with van der Waals surface area (Å²) >= 11 is 1.47. The Morgan fingerprint density at radius 2 is 1.90 bits per heavy atom. The number of carbonyl (C=O) groups is 1. The summed E-state index contributed by atoms with van der Waals surface area (Å²) in [5.74, 6) is -0.475. The van der Waals surface area contributed by atoms with E-state index in [1.807, 2.05) is 35.8 Å². The fourth-order valence-corrected chi connectivity index (χ4v) is 3.31. The molecule has 3 aromatic rings. The molecule has 3 rings (SSSR count). The van der Waals surface area contributed by atoms with Gasteiger partial charge in [0, 0.05) is 6.54 Å². The van der Waals surface area contributed by atoms with Crippen molar-refractivity contribution in [2.24, 2.45) is 4.99 Å². The molecule has 1 heterocycles. The first-order valence-corrected chi connectivity index (χ1v) is 7.47. The molecule has 1 N–H and O–H groups in total.